The first-order valence-corrected chi connectivity index (χ1v) is 5.72. The second-order valence-corrected chi connectivity index (χ2v) is 4.17. The fourth-order valence-electron chi connectivity index (χ4n) is 1.69. The molecule has 2 heterocycles. The quantitative estimate of drug-likeness (QED) is 0.804. The molecule has 6 nitrogen and oxygen atoms in total. The van der Waals surface area contributed by atoms with Crippen molar-refractivity contribution in [3.05, 3.63) is 24.0 Å². The third-order valence-corrected chi connectivity index (χ3v) is 2.63. The molecule has 6 heteroatoms. The van der Waals surface area contributed by atoms with Gasteiger partial charge in [0.25, 0.3) is 0 Å². The summed E-state index contributed by atoms with van der Waals surface area (Å²) in [6, 6.07) is 1.77. The Labute approximate surface area is 105 Å². The maximum absolute atomic E-state index is 10.7. The first kappa shape index (κ1) is 12.8. The Balaban J connectivity index is 1.87. The highest BCUT2D eigenvalue weighted by Crippen LogP contribution is 2.28. The van der Waals surface area contributed by atoms with Crippen LogP contribution < -0.4 is 5.73 Å². The predicted molar refractivity (Wildman–Crippen MR) is 63.4 cm³/mol. The normalized spacial score (nSPS) is 23.6. The van der Waals surface area contributed by atoms with Crippen LogP contribution >= 0.6 is 0 Å². The number of ether oxygens (including phenoxy) is 3. The van der Waals surface area contributed by atoms with Gasteiger partial charge < -0.3 is 19.9 Å². The predicted octanol–water partition coefficient (Wildman–Crippen LogP) is 0.889. The second-order valence-electron chi connectivity index (χ2n) is 4.17. The molecule has 0 spiro atoms. The van der Waals surface area contributed by atoms with E-state index < -0.39 is 6.29 Å². The topological polar surface area (TPSA) is 83.7 Å². The molecule has 0 bridgehead atoms. The maximum Gasteiger partial charge on any atom is 0.302 e. The van der Waals surface area contributed by atoms with Crippen molar-refractivity contribution in [1.29, 1.82) is 0 Å². The monoisotopic (exact) mass is 252 g/mol. The van der Waals surface area contributed by atoms with E-state index >= 15 is 0 Å². The van der Waals surface area contributed by atoms with Crippen molar-refractivity contribution >= 4 is 11.7 Å². The molecule has 0 radical (unpaired) electrons. The van der Waals surface area contributed by atoms with Gasteiger partial charge in [-0.2, -0.15) is 0 Å². The molecule has 1 aliphatic rings. The van der Waals surface area contributed by atoms with Crippen LogP contribution in [0.3, 0.4) is 0 Å². The van der Waals surface area contributed by atoms with Crippen LogP contribution in [0.5, 0.6) is 0 Å². The van der Waals surface area contributed by atoms with Gasteiger partial charge in [0.05, 0.1) is 31.7 Å². The molecule has 1 fully saturated rings. The molecule has 2 N–H and O–H groups in total. The maximum atomic E-state index is 10.7. The third-order valence-electron chi connectivity index (χ3n) is 2.63. The van der Waals surface area contributed by atoms with Crippen LogP contribution in [0.1, 0.15) is 18.8 Å². The minimum Gasteiger partial charge on any atom is -0.465 e. The summed E-state index contributed by atoms with van der Waals surface area (Å²) < 4.78 is 16.0. The molecule has 1 aromatic rings. The van der Waals surface area contributed by atoms with Crippen molar-refractivity contribution < 1.29 is 19.0 Å². The summed E-state index contributed by atoms with van der Waals surface area (Å²) in [6.07, 6.45) is 2.73. The van der Waals surface area contributed by atoms with E-state index in [0.717, 1.165) is 5.56 Å². The number of hydrogen-bond acceptors (Lipinski definition) is 6. The fourth-order valence-corrected chi connectivity index (χ4v) is 1.69. The number of anilines is 1. The van der Waals surface area contributed by atoms with Gasteiger partial charge in [0, 0.05) is 24.6 Å². The molecule has 0 amide bonds. The van der Waals surface area contributed by atoms with Gasteiger partial charge in [-0.25, -0.2) is 0 Å². The van der Waals surface area contributed by atoms with Crippen molar-refractivity contribution in [3.63, 3.8) is 0 Å². The summed E-state index contributed by atoms with van der Waals surface area (Å²) >= 11 is 0. The third kappa shape index (κ3) is 3.18. The van der Waals surface area contributed by atoms with E-state index in [1.54, 1.807) is 18.5 Å². The van der Waals surface area contributed by atoms with Crippen molar-refractivity contribution in [2.75, 3.05) is 25.6 Å². The summed E-state index contributed by atoms with van der Waals surface area (Å²) in [5.74, 6) is -0.233. The summed E-state index contributed by atoms with van der Waals surface area (Å²) in [6.45, 7) is 2.64. The van der Waals surface area contributed by atoms with Crippen LogP contribution in [0.15, 0.2) is 18.5 Å². The standard InChI is InChI=1S/C12H16N2O4/c1-8(15)16-5-9-6-17-12(18-7-9)10-2-3-14-4-11(10)13/h2-4,9,12H,5-7,13H2,1H3. The Bertz CT molecular complexity index is 416. The van der Waals surface area contributed by atoms with Gasteiger partial charge in [0.1, 0.15) is 0 Å². The number of nitrogens with zero attached hydrogens (tertiary/aromatic N) is 1. The van der Waals surface area contributed by atoms with E-state index in [2.05, 4.69) is 4.98 Å². The van der Waals surface area contributed by atoms with Gasteiger partial charge in [-0.15, -0.1) is 0 Å². The summed E-state index contributed by atoms with van der Waals surface area (Å²) in [5.41, 5.74) is 7.11. The molecule has 0 unspecified atom stereocenters. The molecular weight excluding hydrogens is 236 g/mol. The van der Waals surface area contributed by atoms with Crippen LogP contribution in [0.2, 0.25) is 0 Å². The zero-order chi connectivity index (χ0) is 13.0. The van der Waals surface area contributed by atoms with E-state index in [-0.39, 0.29) is 11.9 Å². The van der Waals surface area contributed by atoms with E-state index in [4.69, 9.17) is 19.9 Å². The van der Waals surface area contributed by atoms with Crippen LogP contribution in [0.25, 0.3) is 0 Å². The second kappa shape index (κ2) is 5.79. The first-order chi connectivity index (χ1) is 8.66. The lowest BCUT2D eigenvalue weighted by Crippen LogP contribution is -2.31. The Hall–Kier alpha value is -1.66. The average molecular weight is 252 g/mol. The summed E-state index contributed by atoms with van der Waals surface area (Å²) in [4.78, 5) is 14.6. The number of nitrogens with two attached hydrogens (primary N) is 1. The Morgan fingerprint density at radius 3 is 2.89 bits per heavy atom. The first-order valence-electron chi connectivity index (χ1n) is 5.72. The molecule has 0 aromatic carbocycles. The van der Waals surface area contributed by atoms with Gasteiger partial charge in [-0.1, -0.05) is 0 Å². The Morgan fingerprint density at radius 1 is 1.56 bits per heavy atom. The van der Waals surface area contributed by atoms with Crippen molar-refractivity contribution in [2.24, 2.45) is 5.92 Å². The number of nitrogen functional groups attached to an aromatic ring is 1. The highest BCUT2D eigenvalue weighted by Gasteiger charge is 2.25. The van der Waals surface area contributed by atoms with E-state index in [1.165, 1.54) is 6.92 Å². The highest BCUT2D eigenvalue weighted by molar-refractivity contribution is 5.65. The molecule has 1 saturated heterocycles. The largest absolute Gasteiger partial charge is 0.465 e. The average Bonchev–Trinajstić information content (AvgIpc) is 2.38. The number of aromatic nitrogens is 1. The molecule has 1 aliphatic heterocycles. The summed E-state index contributed by atoms with van der Waals surface area (Å²) in [7, 11) is 0. The molecule has 2 rings (SSSR count). The lowest BCUT2D eigenvalue weighted by atomic mass is 10.1. The Morgan fingerprint density at radius 2 is 2.28 bits per heavy atom. The van der Waals surface area contributed by atoms with E-state index in [0.29, 0.717) is 25.5 Å². The van der Waals surface area contributed by atoms with Crippen LogP contribution in [0, 0.1) is 5.92 Å². The number of carbonyl (C=O) groups is 1. The van der Waals surface area contributed by atoms with Gasteiger partial charge in [-0.05, 0) is 6.07 Å². The smallest absolute Gasteiger partial charge is 0.302 e. The minimum absolute atomic E-state index is 0.0632. The SMILES string of the molecule is CC(=O)OCC1COC(c2ccncc2N)OC1. The fraction of sp³-hybridized carbons (Fsp3) is 0.500. The van der Waals surface area contributed by atoms with Crippen LogP contribution in [-0.4, -0.2) is 30.8 Å². The molecule has 1 aromatic heterocycles. The van der Waals surface area contributed by atoms with Gasteiger partial charge in [-0.3, -0.25) is 9.78 Å². The van der Waals surface area contributed by atoms with E-state index in [9.17, 15) is 4.79 Å². The van der Waals surface area contributed by atoms with E-state index in [1.807, 2.05) is 0 Å². The lowest BCUT2D eigenvalue weighted by Gasteiger charge is -2.29. The number of pyridine rings is 1. The van der Waals surface area contributed by atoms with Crippen molar-refractivity contribution in [3.8, 4) is 0 Å². The van der Waals surface area contributed by atoms with Gasteiger partial charge >= 0.3 is 5.97 Å². The number of carbonyl (C=O) groups excluding carboxylic acids is 1. The molecule has 0 aliphatic carbocycles. The van der Waals surface area contributed by atoms with Crippen molar-refractivity contribution in [2.45, 2.75) is 13.2 Å². The molecule has 18 heavy (non-hydrogen) atoms. The minimum atomic E-state index is -0.471. The number of hydrogen-bond donors (Lipinski definition) is 1. The Kier molecular flexibility index (Phi) is 4.11. The zero-order valence-electron chi connectivity index (χ0n) is 10.2. The highest BCUT2D eigenvalue weighted by atomic mass is 16.7. The van der Waals surface area contributed by atoms with Crippen molar-refractivity contribution in [1.82, 2.24) is 4.98 Å². The molecule has 98 valence electrons. The van der Waals surface area contributed by atoms with Crippen LogP contribution in [-0.2, 0) is 19.0 Å². The molecular formula is C12H16N2O4. The summed E-state index contributed by atoms with van der Waals surface area (Å²) in [5, 5.41) is 0. The van der Waals surface area contributed by atoms with Crippen LogP contribution in [0.4, 0.5) is 5.69 Å². The number of rotatable bonds is 3. The lowest BCUT2D eigenvalue weighted by molar-refractivity contribution is -0.211. The number of esters is 1. The van der Waals surface area contributed by atoms with Gasteiger partial charge in [0.15, 0.2) is 6.29 Å². The molecule has 0 atom stereocenters. The molecule has 0 saturated carbocycles. The zero-order valence-corrected chi connectivity index (χ0v) is 10.2. The van der Waals surface area contributed by atoms with Gasteiger partial charge in [0.2, 0.25) is 0 Å².